The summed E-state index contributed by atoms with van der Waals surface area (Å²) in [6.45, 7) is 2.22. The van der Waals surface area contributed by atoms with Crippen LogP contribution in [0.3, 0.4) is 0 Å². The molecule has 11 nitrogen and oxygen atoms in total. The highest BCUT2D eigenvalue weighted by Gasteiger charge is 2.49. The van der Waals surface area contributed by atoms with E-state index >= 15 is 0 Å². The van der Waals surface area contributed by atoms with Gasteiger partial charge in [-0.2, -0.15) is 0 Å². The third-order valence-electron chi connectivity index (χ3n) is 4.26. The summed E-state index contributed by atoms with van der Waals surface area (Å²) in [4.78, 5) is 37.1. The monoisotopic (exact) mass is 420 g/mol. The van der Waals surface area contributed by atoms with E-state index in [4.69, 9.17) is 24.5 Å². The molecule has 30 heavy (non-hydrogen) atoms. The molecule has 1 aliphatic heterocycles. The number of rotatable bonds is 10. The van der Waals surface area contributed by atoms with Gasteiger partial charge in [-0.1, -0.05) is 35.4 Å². The van der Waals surface area contributed by atoms with E-state index < -0.39 is 42.5 Å². The van der Waals surface area contributed by atoms with E-state index in [0.29, 0.717) is 6.29 Å². The molecule has 0 bridgehead atoms. The van der Waals surface area contributed by atoms with Gasteiger partial charge in [0.05, 0.1) is 19.3 Å². The second kappa shape index (κ2) is 11.9. The Morgan fingerprint density at radius 1 is 1.23 bits per heavy atom. The predicted octanol–water partition coefficient (Wildman–Crippen LogP) is 1.26. The van der Waals surface area contributed by atoms with E-state index in [9.17, 15) is 14.4 Å². The first-order chi connectivity index (χ1) is 14.5. The molecule has 0 unspecified atom stereocenters. The number of aldehydes is 1. The summed E-state index contributed by atoms with van der Waals surface area (Å²) in [7, 11) is 0. The van der Waals surface area contributed by atoms with E-state index in [0.717, 1.165) is 5.56 Å². The van der Waals surface area contributed by atoms with Crippen LogP contribution in [0.15, 0.2) is 35.4 Å². The maximum atomic E-state index is 11.8. The summed E-state index contributed by atoms with van der Waals surface area (Å²) < 4.78 is 22.7. The highest BCUT2D eigenvalue weighted by Crippen LogP contribution is 2.28. The van der Waals surface area contributed by atoms with Crippen molar-refractivity contribution >= 4 is 18.2 Å². The van der Waals surface area contributed by atoms with Crippen LogP contribution in [0.5, 0.6) is 0 Å². The van der Waals surface area contributed by atoms with Crippen LogP contribution in [-0.4, -0.2) is 62.0 Å². The molecule has 0 saturated carbocycles. The van der Waals surface area contributed by atoms with Crippen molar-refractivity contribution in [3.63, 3.8) is 0 Å². The number of hydrogen-bond donors (Lipinski definition) is 1. The predicted molar refractivity (Wildman–Crippen MR) is 103 cm³/mol. The Labute approximate surface area is 173 Å². The molecular formula is C19H24N4O7. The van der Waals surface area contributed by atoms with E-state index in [1.165, 1.54) is 13.8 Å². The van der Waals surface area contributed by atoms with E-state index in [2.05, 4.69) is 15.3 Å². The van der Waals surface area contributed by atoms with Crippen molar-refractivity contribution in [2.45, 2.75) is 51.1 Å². The molecule has 1 fully saturated rings. The van der Waals surface area contributed by atoms with Crippen LogP contribution in [0.4, 0.5) is 0 Å². The lowest BCUT2D eigenvalue weighted by molar-refractivity contribution is -0.272. The van der Waals surface area contributed by atoms with Crippen molar-refractivity contribution in [1.29, 1.82) is 0 Å². The number of azide groups is 1. The zero-order chi connectivity index (χ0) is 21.9. The van der Waals surface area contributed by atoms with E-state index in [-0.39, 0.29) is 19.8 Å². The number of nitrogens with one attached hydrogen (secondary N) is 1. The van der Waals surface area contributed by atoms with Crippen molar-refractivity contribution < 1.29 is 33.3 Å². The Morgan fingerprint density at radius 3 is 2.57 bits per heavy atom. The fraction of sp³-hybridized carbons (Fsp3) is 0.526. The zero-order valence-electron chi connectivity index (χ0n) is 16.7. The number of carbonyl (C=O) groups excluding carboxylic acids is 3. The minimum Gasteiger partial charge on any atom is -0.457 e. The van der Waals surface area contributed by atoms with Gasteiger partial charge >= 0.3 is 5.97 Å². The third kappa shape index (κ3) is 6.82. The second-order valence-electron chi connectivity index (χ2n) is 6.52. The van der Waals surface area contributed by atoms with Crippen LogP contribution in [0.2, 0.25) is 0 Å². The zero-order valence-corrected chi connectivity index (χ0v) is 16.7. The fourth-order valence-corrected chi connectivity index (χ4v) is 3.13. The van der Waals surface area contributed by atoms with Crippen molar-refractivity contribution in [2.75, 3.05) is 13.2 Å². The number of esters is 1. The summed E-state index contributed by atoms with van der Waals surface area (Å²) in [5, 5.41) is 6.17. The largest absolute Gasteiger partial charge is 0.457 e. The van der Waals surface area contributed by atoms with Gasteiger partial charge in [0, 0.05) is 18.8 Å². The van der Waals surface area contributed by atoms with Crippen LogP contribution < -0.4 is 5.32 Å². The molecule has 2 rings (SSSR count). The average molecular weight is 420 g/mol. The highest BCUT2D eigenvalue weighted by atomic mass is 16.7. The number of carbonyl (C=O) groups is 3. The van der Waals surface area contributed by atoms with Crippen LogP contribution in [0, 0.1) is 0 Å². The fourth-order valence-electron chi connectivity index (χ4n) is 3.13. The lowest BCUT2D eigenvalue weighted by Crippen LogP contribution is -2.66. The Bertz CT molecular complexity index is 769. The lowest BCUT2D eigenvalue weighted by Gasteiger charge is -2.45. The van der Waals surface area contributed by atoms with Gasteiger partial charge in [-0.05, 0) is 11.1 Å². The van der Waals surface area contributed by atoms with Gasteiger partial charge in [0.15, 0.2) is 12.4 Å². The summed E-state index contributed by atoms with van der Waals surface area (Å²) >= 11 is 0. The number of ether oxygens (including phenoxy) is 4. The number of hydrogen-bond acceptors (Lipinski definition) is 8. The molecule has 1 aromatic rings. The maximum absolute atomic E-state index is 11.8. The van der Waals surface area contributed by atoms with Crippen molar-refractivity contribution in [1.82, 2.24) is 5.32 Å². The van der Waals surface area contributed by atoms with Gasteiger partial charge in [0.1, 0.15) is 25.0 Å². The summed E-state index contributed by atoms with van der Waals surface area (Å²) in [5.74, 6) is -1.03. The SMILES string of the molecule is CC(=O)N[C@H]1[C@@H](OCC=O)O[C@H](CN=[N+]=[N-])[C@@H](OCc2ccccc2)[C@@H]1OC(C)=O. The maximum Gasteiger partial charge on any atom is 0.303 e. The highest BCUT2D eigenvalue weighted by molar-refractivity contribution is 5.73. The standard InChI is InChI=1S/C19H24N4O7/c1-12(25)22-16-18(29-13(2)26)17(28-11-14-6-4-3-5-7-14)15(10-21-23-20)30-19(16)27-9-8-24/h3-8,15-19H,9-11H2,1-2H3,(H,22,25)/t15-,16-,17-,18-,19+/m1/s1. The van der Waals surface area contributed by atoms with Crippen molar-refractivity contribution in [2.24, 2.45) is 5.11 Å². The molecule has 0 radical (unpaired) electrons. The minimum absolute atomic E-state index is 0.137. The molecule has 1 aromatic carbocycles. The smallest absolute Gasteiger partial charge is 0.303 e. The molecule has 11 heteroatoms. The average Bonchev–Trinajstić information content (AvgIpc) is 2.72. The number of benzene rings is 1. The first kappa shape index (κ1) is 23.3. The van der Waals surface area contributed by atoms with Crippen LogP contribution >= 0.6 is 0 Å². The van der Waals surface area contributed by atoms with Crippen LogP contribution in [-0.2, 0) is 39.9 Å². The molecule has 1 heterocycles. The molecular weight excluding hydrogens is 396 g/mol. The summed E-state index contributed by atoms with van der Waals surface area (Å²) in [6, 6.07) is 8.32. The molecule has 162 valence electrons. The number of amides is 1. The Balaban J connectivity index is 2.35. The molecule has 1 aliphatic rings. The van der Waals surface area contributed by atoms with Gasteiger partial charge in [-0.25, -0.2) is 0 Å². The lowest BCUT2D eigenvalue weighted by atomic mass is 9.95. The molecule has 1 N–H and O–H groups in total. The van der Waals surface area contributed by atoms with Gasteiger partial charge < -0.3 is 29.1 Å². The minimum atomic E-state index is -1.13. The normalized spacial score (nSPS) is 25.6. The van der Waals surface area contributed by atoms with Gasteiger partial charge in [-0.15, -0.1) is 0 Å². The van der Waals surface area contributed by atoms with Gasteiger partial charge in [0.25, 0.3) is 0 Å². The summed E-state index contributed by atoms with van der Waals surface area (Å²) in [5.41, 5.74) is 9.58. The first-order valence-corrected chi connectivity index (χ1v) is 9.27. The van der Waals surface area contributed by atoms with Crippen molar-refractivity contribution in [3.8, 4) is 0 Å². The van der Waals surface area contributed by atoms with E-state index in [1.54, 1.807) is 0 Å². The molecule has 0 aliphatic carbocycles. The second-order valence-corrected chi connectivity index (χ2v) is 6.52. The molecule has 1 saturated heterocycles. The van der Waals surface area contributed by atoms with E-state index in [1.807, 2.05) is 30.3 Å². The topological polar surface area (TPSA) is 149 Å². The quantitative estimate of drug-likeness (QED) is 0.197. The van der Waals surface area contributed by atoms with Gasteiger partial charge in [0.2, 0.25) is 5.91 Å². The molecule has 0 aromatic heterocycles. The van der Waals surface area contributed by atoms with Crippen LogP contribution in [0.25, 0.3) is 10.4 Å². The number of nitrogens with zero attached hydrogens (tertiary/aromatic N) is 3. The molecule has 0 spiro atoms. The molecule has 1 amide bonds. The third-order valence-corrected chi connectivity index (χ3v) is 4.26. The first-order valence-electron chi connectivity index (χ1n) is 9.27. The van der Waals surface area contributed by atoms with Crippen molar-refractivity contribution in [3.05, 3.63) is 46.3 Å². The van der Waals surface area contributed by atoms with Crippen LogP contribution in [0.1, 0.15) is 19.4 Å². The summed E-state index contributed by atoms with van der Waals surface area (Å²) in [6.07, 6.45) is -3.35. The van der Waals surface area contributed by atoms with Gasteiger partial charge in [-0.3, -0.25) is 9.59 Å². The Kier molecular flexibility index (Phi) is 9.23. The molecule has 5 atom stereocenters. The Hall–Kier alpha value is -2.98. The Morgan fingerprint density at radius 2 is 1.97 bits per heavy atom.